The molecule has 5 heteroatoms. The summed E-state index contributed by atoms with van der Waals surface area (Å²) in [6, 6.07) is 3.60. The number of halogens is 2. The Morgan fingerprint density at radius 2 is 2.00 bits per heavy atom. The second-order valence-electron chi connectivity index (χ2n) is 3.94. The minimum absolute atomic E-state index is 0.566. The standard InChI is InChI=1S/C13H20Cl2N2O/c1-3-18-13-10(7-11(14)8-12(13)15)9-17-6-4-5-16-2/h7-8,16-17H,3-6,9H2,1-2H3. The summed E-state index contributed by atoms with van der Waals surface area (Å²) < 4.78 is 5.56. The van der Waals surface area contributed by atoms with Crippen molar-refractivity contribution in [1.82, 2.24) is 10.6 Å². The van der Waals surface area contributed by atoms with Gasteiger partial charge in [-0.15, -0.1) is 0 Å². The van der Waals surface area contributed by atoms with Crippen molar-refractivity contribution in [2.24, 2.45) is 0 Å². The van der Waals surface area contributed by atoms with Gasteiger partial charge in [0.2, 0.25) is 0 Å². The molecule has 0 aromatic heterocycles. The maximum Gasteiger partial charge on any atom is 0.142 e. The molecular formula is C13H20Cl2N2O. The molecule has 0 spiro atoms. The van der Waals surface area contributed by atoms with E-state index in [1.807, 2.05) is 20.0 Å². The first-order valence-corrected chi connectivity index (χ1v) is 6.90. The fourth-order valence-corrected chi connectivity index (χ4v) is 2.25. The summed E-state index contributed by atoms with van der Waals surface area (Å²) in [7, 11) is 1.95. The zero-order chi connectivity index (χ0) is 13.4. The van der Waals surface area contributed by atoms with Crippen LogP contribution in [0.5, 0.6) is 5.75 Å². The maximum atomic E-state index is 6.13. The highest BCUT2D eigenvalue weighted by Gasteiger charge is 2.09. The van der Waals surface area contributed by atoms with Crippen LogP contribution in [0, 0.1) is 0 Å². The van der Waals surface area contributed by atoms with Crippen LogP contribution in [0.25, 0.3) is 0 Å². The SMILES string of the molecule is CCOc1c(Cl)cc(Cl)cc1CNCCCNC. The van der Waals surface area contributed by atoms with E-state index in [9.17, 15) is 0 Å². The minimum Gasteiger partial charge on any atom is -0.492 e. The molecule has 0 radical (unpaired) electrons. The van der Waals surface area contributed by atoms with Crippen molar-refractivity contribution >= 4 is 23.2 Å². The van der Waals surface area contributed by atoms with Gasteiger partial charge >= 0.3 is 0 Å². The van der Waals surface area contributed by atoms with Crippen LogP contribution in [-0.2, 0) is 6.54 Å². The molecule has 1 rings (SSSR count). The quantitative estimate of drug-likeness (QED) is 0.722. The molecular weight excluding hydrogens is 271 g/mol. The van der Waals surface area contributed by atoms with E-state index < -0.39 is 0 Å². The van der Waals surface area contributed by atoms with Crippen molar-refractivity contribution in [2.45, 2.75) is 19.9 Å². The lowest BCUT2D eigenvalue weighted by molar-refractivity contribution is 0.335. The van der Waals surface area contributed by atoms with Gasteiger partial charge in [0.15, 0.2) is 0 Å². The van der Waals surface area contributed by atoms with Crippen molar-refractivity contribution in [1.29, 1.82) is 0 Å². The summed E-state index contributed by atoms with van der Waals surface area (Å²) in [5, 5.41) is 7.66. The van der Waals surface area contributed by atoms with Crippen LogP contribution in [-0.4, -0.2) is 26.7 Å². The second-order valence-corrected chi connectivity index (χ2v) is 4.79. The molecule has 0 amide bonds. The molecule has 0 heterocycles. The Hall–Kier alpha value is -0.480. The number of nitrogens with one attached hydrogen (secondary N) is 2. The lowest BCUT2D eigenvalue weighted by Gasteiger charge is -2.13. The number of hydrogen-bond acceptors (Lipinski definition) is 3. The molecule has 102 valence electrons. The Labute approximate surface area is 119 Å². The van der Waals surface area contributed by atoms with E-state index in [-0.39, 0.29) is 0 Å². The smallest absolute Gasteiger partial charge is 0.142 e. The van der Waals surface area contributed by atoms with Gasteiger partial charge < -0.3 is 15.4 Å². The molecule has 3 nitrogen and oxygen atoms in total. The van der Waals surface area contributed by atoms with E-state index >= 15 is 0 Å². The van der Waals surface area contributed by atoms with Gasteiger partial charge in [0.05, 0.1) is 11.6 Å². The summed E-state index contributed by atoms with van der Waals surface area (Å²) in [6.07, 6.45) is 1.08. The predicted molar refractivity (Wildman–Crippen MR) is 77.9 cm³/mol. The molecule has 2 N–H and O–H groups in total. The maximum absolute atomic E-state index is 6.13. The molecule has 0 aliphatic heterocycles. The van der Waals surface area contributed by atoms with Crippen LogP contribution in [0.3, 0.4) is 0 Å². The van der Waals surface area contributed by atoms with Gasteiger partial charge in [-0.05, 0) is 45.6 Å². The average Bonchev–Trinajstić information content (AvgIpc) is 2.33. The Bertz CT molecular complexity index is 372. The van der Waals surface area contributed by atoms with Crippen molar-refractivity contribution in [3.05, 3.63) is 27.7 Å². The number of ether oxygens (including phenoxy) is 1. The first-order chi connectivity index (χ1) is 8.69. The van der Waals surface area contributed by atoms with Crippen molar-refractivity contribution in [3.63, 3.8) is 0 Å². The van der Waals surface area contributed by atoms with Gasteiger partial charge in [0.25, 0.3) is 0 Å². The summed E-state index contributed by atoms with van der Waals surface area (Å²) in [5.74, 6) is 0.727. The number of rotatable bonds is 8. The van der Waals surface area contributed by atoms with E-state index in [2.05, 4.69) is 10.6 Å². The molecule has 0 unspecified atom stereocenters. The van der Waals surface area contributed by atoms with Crippen LogP contribution in [0.2, 0.25) is 10.0 Å². The largest absolute Gasteiger partial charge is 0.492 e. The Kier molecular flexibility index (Phi) is 7.44. The normalized spacial score (nSPS) is 10.7. The van der Waals surface area contributed by atoms with Crippen LogP contribution in [0.15, 0.2) is 12.1 Å². The van der Waals surface area contributed by atoms with Crippen molar-refractivity contribution in [2.75, 3.05) is 26.7 Å². The van der Waals surface area contributed by atoms with Gasteiger partial charge in [-0.1, -0.05) is 23.2 Å². The minimum atomic E-state index is 0.566. The highest BCUT2D eigenvalue weighted by Crippen LogP contribution is 2.32. The molecule has 0 saturated carbocycles. The topological polar surface area (TPSA) is 33.3 Å². The van der Waals surface area contributed by atoms with Crippen molar-refractivity contribution in [3.8, 4) is 5.75 Å². The molecule has 1 aromatic carbocycles. The summed E-state index contributed by atoms with van der Waals surface area (Å²) in [4.78, 5) is 0. The molecule has 0 saturated heterocycles. The Balaban J connectivity index is 2.62. The van der Waals surface area contributed by atoms with Gasteiger partial charge in [0, 0.05) is 17.1 Å². The molecule has 0 bridgehead atoms. The van der Waals surface area contributed by atoms with E-state index in [1.54, 1.807) is 6.07 Å². The van der Waals surface area contributed by atoms with Crippen LogP contribution in [0.1, 0.15) is 18.9 Å². The van der Waals surface area contributed by atoms with Gasteiger partial charge in [-0.2, -0.15) is 0 Å². The third-order valence-corrected chi connectivity index (χ3v) is 2.97. The third-order valence-electron chi connectivity index (χ3n) is 2.47. The highest BCUT2D eigenvalue weighted by atomic mass is 35.5. The van der Waals surface area contributed by atoms with E-state index in [0.29, 0.717) is 23.2 Å². The molecule has 0 fully saturated rings. The summed E-state index contributed by atoms with van der Waals surface area (Å²) in [6.45, 7) is 5.18. The van der Waals surface area contributed by atoms with E-state index in [1.165, 1.54) is 0 Å². The number of benzene rings is 1. The lowest BCUT2D eigenvalue weighted by Crippen LogP contribution is -2.19. The predicted octanol–water partition coefficient (Wildman–Crippen LogP) is 3.09. The van der Waals surface area contributed by atoms with Gasteiger partial charge in [0.1, 0.15) is 5.75 Å². The van der Waals surface area contributed by atoms with Gasteiger partial charge in [-0.3, -0.25) is 0 Å². The monoisotopic (exact) mass is 290 g/mol. The fourth-order valence-electron chi connectivity index (χ4n) is 1.66. The second kappa shape index (κ2) is 8.59. The Morgan fingerprint density at radius 3 is 2.67 bits per heavy atom. The summed E-state index contributed by atoms with van der Waals surface area (Å²) in [5.41, 5.74) is 0.999. The highest BCUT2D eigenvalue weighted by molar-refractivity contribution is 6.35. The van der Waals surface area contributed by atoms with Crippen LogP contribution in [0.4, 0.5) is 0 Å². The Morgan fingerprint density at radius 1 is 1.22 bits per heavy atom. The summed E-state index contributed by atoms with van der Waals surface area (Å²) >= 11 is 12.1. The molecule has 18 heavy (non-hydrogen) atoms. The average molecular weight is 291 g/mol. The zero-order valence-corrected chi connectivity index (χ0v) is 12.4. The number of hydrogen-bond donors (Lipinski definition) is 2. The molecule has 0 aliphatic rings. The van der Waals surface area contributed by atoms with E-state index in [0.717, 1.165) is 30.8 Å². The lowest BCUT2D eigenvalue weighted by atomic mass is 10.2. The van der Waals surface area contributed by atoms with Crippen LogP contribution < -0.4 is 15.4 Å². The first-order valence-electron chi connectivity index (χ1n) is 6.15. The van der Waals surface area contributed by atoms with E-state index in [4.69, 9.17) is 27.9 Å². The van der Waals surface area contributed by atoms with Crippen molar-refractivity contribution < 1.29 is 4.74 Å². The first kappa shape index (κ1) is 15.6. The van der Waals surface area contributed by atoms with Gasteiger partial charge in [-0.25, -0.2) is 0 Å². The molecule has 1 aromatic rings. The molecule has 0 atom stereocenters. The fraction of sp³-hybridized carbons (Fsp3) is 0.538. The molecule has 0 aliphatic carbocycles. The van der Waals surface area contributed by atoms with Crippen LogP contribution >= 0.6 is 23.2 Å². The third kappa shape index (κ3) is 5.02. The zero-order valence-electron chi connectivity index (χ0n) is 10.9.